The maximum atomic E-state index is 9.48. The third-order valence-corrected chi connectivity index (χ3v) is 7.37. The highest BCUT2D eigenvalue weighted by Gasteiger charge is 2.34. The molecule has 0 aliphatic heterocycles. The van der Waals surface area contributed by atoms with Gasteiger partial charge in [-0.25, -0.2) is 9.97 Å². The van der Waals surface area contributed by atoms with E-state index in [2.05, 4.69) is 64.1 Å². The van der Waals surface area contributed by atoms with Gasteiger partial charge < -0.3 is 15.4 Å². The maximum absolute atomic E-state index is 9.48. The van der Waals surface area contributed by atoms with Gasteiger partial charge >= 0.3 is 0 Å². The third kappa shape index (κ3) is 3.25. The predicted molar refractivity (Wildman–Crippen MR) is 131 cm³/mol. The summed E-state index contributed by atoms with van der Waals surface area (Å²) in [5.41, 5.74) is 12.8. The molecule has 0 spiro atoms. The first-order chi connectivity index (χ1) is 16.1. The van der Waals surface area contributed by atoms with Crippen molar-refractivity contribution in [1.29, 1.82) is 0 Å². The molecule has 2 atom stereocenters. The molecular weight excluding hydrogens is 410 g/mol. The van der Waals surface area contributed by atoms with Gasteiger partial charge in [0.15, 0.2) is 0 Å². The number of fused-ring (bicyclic) bond motifs is 2. The summed E-state index contributed by atoms with van der Waals surface area (Å²) in [4.78, 5) is 14.0. The molecule has 6 rings (SSSR count). The molecule has 6 nitrogen and oxygen atoms in total. The Kier molecular flexibility index (Phi) is 4.76. The van der Waals surface area contributed by atoms with Crippen molar-refractivity contribution in [2.24, 2.45) is 5.92 Å². The molecule has 4 aromatic rings. The number of hydrogen-bond acceptors (Lipinski definition) is 5. The molecule has 0 amide bonds. The summed E-state index contributed by atoms with van der Waals surface area (Å²) < 4.78 is 2.25. The van der Waals surface area contributed by atoms with Crippen LogP contribution in [0.15, 0.2) is 61.1 Å². The number of aliphatic hydroxyl groups is 1. The van der Waals surface area contributed by atoms with E-state index in [0.717, 1.165) is 52.0 Å². The molecule has 1 fully saturated rings. The summed E-state index contributed by atoms with van der Waals surface area (Å²) >= 11 is 0. The van der Waals surface area contributed by atoms with E-state index >= 15 is 0 Å². The van der Waals surface area contributed by atoms with Crippen LogP contribution in [-0.2, 0) is 0 Å². The molecule has 1 aromatic carbocycles. The van der Waals surface area contributed by atoms with Crippen LogP contribution in [0.1, 0.15) is 54.5 Å². The van der Waals surface area contributed by atoms with Crippen molar-refractivity contribution in [3.05, 3.63) is 77.9 Å². The van der Waals surface area contributed by atoms with Crippen LogP contribution in [0.2, 0.25) is 0 Å². The summed E-state index contributed by atoms with van der Waals surface area (Å²) in [6.45, 7) is 2.48. The van der Waals surface area contributed by atoms with Gasteiger partial charge in [-0.3, -0.25) is 4.98 Å². The second-order valence-corrected chi connectivity index (χ2v) is 9.33. The number of anilines is 1. The van der Waals surface area contributed by atoms with Crippen LogP contribution in [0.3, 0.4) is 0 Å². The lowest BCUT2D eigenvalue weighted by Gasteiger charge is -2.35. The fourth-order valence-corrected chi connectivity index (χ4v) is 5.42. The number of nitrogen functional groups attached to an aromatic ring is 1. The van der Waals surface area contributed by atoms with Gasteiger partial charge in [-0.1, -0.05) is 55.5 Å². The first-order valence-corrected chi connectivity index (χ1v) is 11.6. The summed E-state index contributed by atoms with van der Waals surface area (Å²) in [5.74, 6) is 1.20. The van der Waals surface area contributed by atoms with Gasteiger partial charge in [-0.05, 0) is 36.0 Å². The average Bonchev–Trinajstić information content (AvgIpc) is 3.19. The van der Waals surface area contributed by atoms with Gasteiger partial charge in [0, 0.05) is 36.2 Å². The Balaban J connectivity index is 1.42. The van der Waals surface area contributed by atoms with Gasteiger partial charge in [0.05, 0.1) is 16.8 Å². The van der Waals surface area contributed by atoms with E-state index < -0.39 is 0 Å². The van der Waals surface area contributed by atoms with E-state index in [0.29, 0.717) is 17.8 Å². The number of aromatic nitrogens is 4. The second-order valence-electron chi connectivity index (χ2n) is 9.33. The number of rotatable bonds is 4. The lowest BCUT2D eigenvalue weighted by Crippen LogP contribution is -2.28. The number of allylic oxidation sites excluding steroid dienone is 1. The minimum atomic E-state index is 0.127. The molecule has 3 heterocycles. The number of benzene rings is 1. The van der Waals surface area contributed by atoms with Crippen molar-refractivity contribution in [1.82, 2.24) is 19.5 Å². The van der Waals surface area contributed by atoms with E-state index in [1.165, 1.54) is 0 Å². The first kappa shape index (κ1) is 20.1. The lowest BCUT2D eigenvalue weighted by molar-refractivity contribution is 0.114. The zero-order valence-electron chi connectivity index (χ0n) is 18.6. The van der Waals surface area contributed by atoms with Gasteiger partial charge in [0.1, 0.15) is 17.8 Å². The Morgan fingerprint density at radius 2 is 1.91 bits per heavy atom. The molecule has 2 unspecified atom stereocenters. The number of aliphatic hydroxyl groups excluding tert-OH is 1. The Hall–Kier alpha value is -3.51. The van der Waals surface area contributed by atoms with Crippen molar-refractivity contribution < 1.29 is 5.11 Å². The van der Waals surface area contributed by atoms with Crippen LogP contribution in [0.5, 0.6) is 0 Å². The third-order valence-electron chi connectivity index (χ3n) is 7.37. The van der Waals surface area contributed by atoms with Crippen molar-refractivity contribution >= 4 is 22.9 Å². The van der Waals surface area contributed by atoms with Crippen LogP contribution in [0, 0.1) is 5.92 Å². The summed E-state index contributed by atoms with van der Waals surface area (Å²) in [7, 11) is 0. The molecule has 0 saturated heterocycles. The number of hydrogen-bond donors (Lipinski definition) is 2. The zero-order chi connectivity index (χ0) is 22.5. The smallest absolute Gasteiger partial charge is 0.146 e. The lowest BCUT2D eigenvalue weighted by atomic mass is 9.79. The standard InChI is InChI=1S/C27H27N5O/c1-16-21(9-7-19-8-10-23(31-25(16)19)18-5-3-2-4-6-18)22-13-32(20-11-17(12-20)14-33)27-24(22)26(28)29-15-30-27/h2-10,13,15-17,20-21,33H,11-12,14H2,1H3,(H2,28,29,30). The highest BCUT2D eigenvalue weighted by atomic mass is 16.3. The van der Waals surface area contributed by atoms with E-state index in [1.807, 2.05) is 18.2 Å². The molecule has 2 aliphatic carbocycles. The van der Waals surface area contributed by atoms with E-state index in [1.54, 1.807) is 6.33 Å². The quantitative estimate of drug-likeness (QED) is 0.472. The van der Waals surface area contributed by atoms with Crippen molar-refractivity contribution in [2.75, 3.05) is 12.3 Å². The molecule has 3 N–H and O–H groups in total. The van der Waals surface area contributed by atoms with E-state index in [-0.39, 0.29) is 18.4 Å². The van der Waals surface area contributed by atoms with Crippen LogP contribution >= 0.6 is 0 Å². The summed E-state index contributed by atoms with van der Waals surface area (Å²) in [5, 5.41) is 10.4. The highest BCUT2D eigenvalue weighted by molar-refractivity contribution is 5.91. The SMILES string of the molecule is CC1c2nc(-c3ccccc3)ccc2C=CC1c1cn(C2CC(CO)C2)c2ncnc(N)c12. The Bertz CT molecular complexity index is 1350. The summed E-state index contributed by atoms with van der Waals surface area (Å²) in [6.07, 6.45) is 10.1. The molecule has 2 aliphatic rings. The topological polar surface area (TPSA) is 89.8 Å². The average molecular weight is 438 g/mol. The molecule has 3 aromatic heterocycles. The van der Waals surface area contributed by atoms with Crippen LogP contribution in [0.4, 0.5) is 5.82 Å². The predicted octanol–water partition coefficient (Wildman–Crippen LogP) is 4.93. The van der Waals surface area contributed by atoms with E-state index in [9.17, 15) is 5.11 Å². The van der Waals surface area contributed by atoms with E-state index in [4.69, 9.17) is 10.7 Å². The molecule has 0 radical (unpaired) electrons. The molecular formula is C27H27N5O. The van der Waals surface area contributed by atoms with Crippen LogP contribution < -0.4 is 5.73 Å². The molecule has 1 saturated carbocycles. The fourth-order valence-electron chi connectivity index (χ4n) is 5.42. The highest BCUT2D eigenvalue weighted by Crippen LogP contribution is 2.46. The van der Waals surface area contributed by atoms with Crippen molar-refractivity contribution in [3.8, 4) is 11.3 Å². The molecule has 6 heteroatoms. The molecule has 0 bridgehead atoms. The second kappa shape index (κ2) is 7.81. The Morgan fingerprint density at radius 3 is 2.70 bits per heavy atom. The fraction of sp³-hybridized carbons (Fsp3) is 0.296. The van der Waals surface area contributed by atoms with Crippen molar-refractivity contribution in [3.63, 3.8) is 0 Å². The Labute approximate surface area is 192 Å². The van der Waals surface area contributed by atoms with Crippen molar-refractivity contribution in [2.45, 2.75) is 37.6 Å². The van der Waals surface area contributed by atoms with Crippen LogP contribution in [-0.4, -0.2) is 31.2 Å². The molecule has 33 heavy (non-hydrogen) atoms. The summed E-state index contributed by atoms with van der Waals surface area (Å²) in [6, 6.07) is 14.9. The zero-order valence-corrected chi connectivity index (χ0v) is 18.6. The van der Waals surface area contributed by atoms with Gasteiger partial charge in [0.25, 0.3) is 0 Å². The van der Waals surface area contributed by atoms with Crippen LogP contribution in [0.25, 0.3) is 28.4 Å². The van der Waals surface area contributed by atoms with Gasteiger partial charge in [-0.15, -0.1) is 0 Å². The van der Waals surface area contributed by atoms with Gasteiger partial charge in [-0.2, -0.15) is 0 Å². The first-order valence-electron chi connectivity index (χ1n) is 11.6. The monoisotopic (exact) mass is 437 g/mol. The normalized spacial score (nSPS) is 23.9. The largest absolute Gasteiger partial charge is 0.396 e. The number of nitrogens with two attached hydrogens (primary N) is 1. The number of nitrogens with zero attached hydrogens (tertiary/aromatic N) is 4. The minimum Gasteiger partial charge on any atom is -0.396 e. The Morgan fingerprint density at radius 1 is 1.09 bits per heavy atom. The minimum absolute atomic E-state index is 0.127. The molecule has 166 valence electrons. The number of pyridine rings is 1. The van der Waals surface area contributed by atoms with Gasteiger partial charge in [0.2, 0.25) is 0 Å². The maximum Gasteiger partial charge on any atom is 0.146 e.